The fourth-order valence-electron chi connectivity index (χ4n) is 2.12. The number of phenols is 1. The summed E-state index contributed by atoms with van der Waals surface area (Å²) in [5.41, 5.74) is 3.80. The Bertz CT molecular complexity index is 617. The van der Waals surface area contributed by atoms with Crippen molar-refractivity contribution in [3.8, 4) is 5.75 Å². The quantitative estimate of drug-likeness (QED) is 0.929. The van der Waals surface area contributed by atoms with Crippen LogP contribution < -0.4 is 0 Å². The lowest BCUT2D eigenvalue weighted by molar-refractivity contribution is 0.0784. The summed E-state index contributed by atoms with van der Waals surface area (Å²) in [6, 6.07) is 12.8. The molecule has 0 bridgehead atoms. The zero-order chi connectivity index (χ0) is 14.7. The van der Waals surface area contributed by atoms with Gasteiger partial charge in [0.2, 0.25) is 0 Å². The molecule has 104 valence electrons. The van der Waals surface area contributed by atoms with Gasteiger partial charge in [-0.1, -0.05) is 29.8 Å². The van der Waals surface area contributed by atoms with E-state index in [1.54, 1.807) is 24.1 Å². The number of carbonyl (C=O) groups is 1. The Kier molecular flexibility index (Phi) is 4.08. The van der Waals surface area contributed by atoms with Crippen molar-refractivity contribution in [2.45, 2.75) is 20.4 Å². The molecule has 0 spiro atoms. The summed E-state index contributed by atoms with van der Waals surface area (Å²) in [5.74, 6) is 0.247. The van der Waals surface area contributed by atoms with Crippen LogP contribution in [0.2, 0.25) is 0 Å². The Morgan fingerprint density at radius 3 is 2.40 bits per heavy atom. The monoisotopic (exact) mass is 269 g/mol. The first-order valence-corrected chi connectivity index (χ1v) is 6.58. The number of hydrogen-bond donors (Lipinski definition) is 1. The first-order chi connectivity index (χ1) is 9.47. The first-order valence-electron chi connectivity index (χ1n) is 6.58. The van der Waals surface area contributed by atoms with Crippen LogP contribution in [0.15, 0.2) is 42.5 Å². The molecule has 0 saturated heterocycles. The molecule has 2 rings (SSSR count). The Hall–Kier alpha value is -2.29. The van der Waals surface area contributed by atoms with Gasteiger partial charge in [0.05, 0.1) is 0 Å². The van der Waals surface area contributed by atoms with Gasteiger partial charge in [-0.3, -0.25) is 4.79 Å². The number of aromatic hydroxyl groups is 1. The number of amides is 1. The van der Waals surface area contributed by atoms with Crippen LogP contribution in [0.3, 0.4) is 0 Å². The number of carbonyl (C=O) groups excluding carboxylic acids is 1. The third-order valence-corrected chi connectivity index (χ3v) is 3.33. The predicted molar refractivity (Wildman–Crippen MR) is 79.8 cm³/mol. The molecule has 20 heavy (non-hydrogen) atoms. The van der Waals surface area contributed by atoms with Gasteiger partial charge in [0.1, 0.15) is 5.75 Å². The second-order valence-corrected chi connectivity index (χ2v) is 5.15. The minimum atomic E-state index is 0.0132. The van der Waals surface area contributed by atoms with Gasteiger partial charge in [0.15, 0.2) is 0 Å². The SMILES string of the molecule is Cc1ccc(C)c(C(=O)N(C)Cc2ccc(O)cc2)c1. The molecule has 0 aliphatic rings. The van der Waals surface area contributed by atoms with Crippen molar-refractivity contribution in [2.24, 2.45) is 0 Å². The molecule has 2 aromatic rings. The van der Waals surface area contributed by atoms with Crippen molar-refractivity contribution in [2.75, 3.05) is 7.05 Å². The van der Waals surface area contributed by atoms with E-state index in [1.165, 1.54) is 0 Å². The average Bonchev–Trinajstić information content (AvgIpc) is 2.43. The minimum absolute atomic E-state index is 0.0132. The zero-order valence-electron chi connectivity index (χ0n) is 12.1. The van der Waals surface area contributed by atoms with Gasteiger partial charge >= 0.3 is 0 Å². The van der Waals surface area contributed by atoms with E-state index in [2.05, 4.69) is 0 Å². The number of nitrogens with zero attached hydrogens (tertiary/aromatic N) is 1. The van der Waals surface area contributed by atoms with Gasteiger partial charge in [0, 0.05) is 19.2 Å². The minimum Gasteiger partial charge on any atom is -0.508 e. The lowest BCUT2D eigenvalue weighted by atomic mass is 10.0. The zero-order valence-corrected chi connectivity index (χ0v) is 12.1. The molecule has 0 unspecified atom stereocenters. The maximum Gasteiger partial charge on any atom is 0.254 e. The molecule has 3 heteroatoms. The highest BCUT2D eigenvalue weighted by atomic mass is 16.3. The summed E-state index contributed by atoms with van der Waals surface area (Å²) in [6.45, 7) is 4.45. The van der Waals surface area contributed by atoms with Crippen molar-refractivity contribution < 1.29 is 9.90 Å². The number of rotatable bonds is 3. The molecule has 2 aromatic carbocycles. The molecular weight excluding hydrogens is 250 g/mol. The second-order valence-electron chi connectivity index (χ2n) is 5.15. The first kappa shape index (κ1) is 14.1. The van der Waals surface area contributed by atoms with Crippen LogP contribution in [0.5, 0.6) is 5.75 Å². The maximum absolute atomic E-state index is 12.5. The molecule has 0 aliphatic carbocycles. The summed E-state index contributed by atoms with van der Waals surface area (Å²) in [6.07, 6.45) is 0. The van der Waals surface area contributed by atoms with Crippen LogP contribution in [-0.2, 0) is 6.54 Å². The number of benzene rings is 2. The van der Waals surface area contributed by atoms with Crippen LogP contribution in [0.25, 0.3) is 0 Å². The molecule has 0 aromatic heterocycles. The van der Waals surface area contributed by atoms with Gasteiger partial charge in [0.25, 0.3) is 5.91 Å². The smallest absolute Gasteiger partial charge is 0.254 e. The molecule has 0 fully saturated rings. The summed E-state index contributed by atoms with van der Waals surface area (Å²) >= 11 is 0. The van der Waals surface area contributed by atoms with Gasteiger partial charge < -0.3 is 10.0 Å². The summed E-state index contributed by atoms with van der Waals surface area (Å²) < 4.78 is 0. The molecule has 1 amide bonds. The van der Waals surface area contributed by atoms with Gasteiger partial charge in [-0.15, -0.1) is 0 Å². The van der Waals surface area contributed by atoms with E-state index in [9.17, 15) is 9.90 Å². The average molecular weight is 269 g/mol. The van der Waals surface area contributed by atoms with Crippen molar-refractivity contribution >= 4 is 5.91 Å². The Morgan fingerprint density at radius 1 is 1.10 bits per heavy atom. The van der Waals surface area contributed by atoms with E-state index in [0.29, 0.717) is 6.54 Å². The van der Waals surface area contributed by atoms with Gasteiger partial charge in [-0.2, -0.15) is 0 Å². The highest BCUT2D eigenvalue weighted by Crippen LogP contribution is 2.15. The van der Waals surface area contributed by atoms with E-state index in [0.717, 1.165) is 22.3 Å². The van der Waals surface area contributed by atoms with E-state index >= 15 is 0 Å². The molecule has 3 nitrogen and oxygen atoms in total. The maximum atomic E-state index is 12.5. The third-order valence-electron chi connectivity index (χ3n) is 3.33. The highest BCUT2D eigenvalue weighted by molar-refractivity contribution is 5.95. The van der Waals surface area contributed by atoms with Crippen LogP contribution in [0.1, 0.15) is 27.0 Å². The standard InChI is InChI=1S/C17H19NO2/c1-12-4-5-13(2)16(10-12)17(20)18(3)11-14-6-8-15(19)9-7-14/h4-10,19H,11H2,1-3H3. The van der Waals surface area contributed by atoms with E-state index in [-0.39, 0.29) is 11.7 Å². The van der Waals surface area contributed by atoms with Crippen LogP contribution in [0, 0.1) is 13.8 Å². The van der Waals surface area contributed by atoms with Crippen molar-refractivity contribution in [3.05, 3.63) is 64.7 Å². The van der Waals surface area contributed by atoms with Crippen LogP contribution in [0.4, 0.5) is 0 Å². The predicted octanol–water partition coefficient (Wildman–Crippen LogP) is 3.28. The third kappa shape index (κ3) is 3.18. The van der Waals surface area contributed by atoms with E-state index in [4.69, 9.17) is 0 Å². The normalized spacial score (nSPS) is 10.3. The second kappa shape index (κ2) is 5.78. The number of aryl methyl sites for hydroxylation is 2. The van der Waals surface area contributed by atoms with Gasteiger partial charge in [-0.05, 0) is 43.2 Å². The summed E-state index contributed by atoms with van der Waals surface area (Å²) in [5, 5.41) is 9.26. The van der Waals surface area contributed by atoms with Crippen LogP contribution in [-0.4, -0.2) is 23.0 Å². The molecule has 0 atom stereocenters. The molecule has 0 heterocycles. The topological polar surface area (TPSA) is 40.5 Å². The highest BCUT2D eigenvalue weighted by Gasteiger charge is 2.14. The van der Waals surface area contributed by atoms with Crippen molar-refractivity contribution in [3.63, 3.8) is 0 Å². The fourth-order valence-corrected chi connectivity index (χ4v) is 2.12. The molecular formula is C17H19NO2. The fraction of sp³-hybridized carbons (Fsp3) is 0.235. The summed E-state index contributed by atoms with van der Waals surface area (Å²) in [4.78, 5) is 14.2. The van der Waals surface area contributed by atoms with Gasteiger partial charge in [-0.25, -0.2) is 0 Å². The van der Waals surface area contributed by atoms with Crippen molar-refractivity contribution in [1.29, 1.82) is 0 Å². The largest absolute Gasteiger partial charge is 0.508 e. The van der Waals surface area contributed by atoms with Crippen molar-refractivity contribution in [1.82, 2.24) is 4.90 Å². The molecule has 0 aliphatic heterocycles. The molecule has 0 saturated carbocycles. The Balaban J connectivity index is 2.16. The van der Waals surface area contributed by atoms with Crippen LogP contribution >= 0.6 is 0 Å². The number of hydrogen-bond acceptors (Lipinski definition) is 2. The van der Waals surface area contributed by atoms with E-state index < -0.39 is 0 Å². The Labute approximate surface area is 119 Å². The lowest BCUT2D eigenvalue weighted by Gasteiger charge is -2.19. The Morgan fingerprint density at radius 2 is 1.75 bits per heavy atom. The number of phenolic OH excluding ortho intramolecular Hbond substituents is 1. The molecule has 0 radical (unpaired) electrons. The molecule has 1 N–H and O–H groups in total. The summed E-state index contributed by atoms with van der Waals surface area (Å²) in [7, 11) is 1.79. The lowest BCUT2D eigenvalue weighted by Crippen LogP contribution is -2.26. The van der Waals surface area contributed by atoms with E-state index in [1.807, 2.05) is 44.2 Å².